The molecule has 0 aromatic rings. The average Bonchev–Trinajstić information content (AvgIpc) is 1.32. The van der Waals surface area contributed by atoms with Gasteiger partial charge in [0.15, 0.2) is 0 Å². The van der Waals surface area contributed by atoms with Gasteiger partial charge in [-0.2, -0.15) is 0 Å². The van der Waals surface area contributed by atoms with Gasteiger partial charge in [0.2, 0.25) is 7.37 Å². The second-order valence-corrected chi connectivity index (χ2v) is 3.52. The maximum absolute atomic E-state index is 10.1. The maximum atomic E-state index is 10.1. The molecule has 1 N–H and O–H groups in total. The molecule has 0 aromatic heterocycles. The third-order valence-electron chi connectivity index (χ3n) is 0.586. The zero-order valence-corrected chi connectivity index (χ0v) is 4.02. The molecule has 0 amide bonds. The summed E-state index contributed by atoms with van der Waals surface area (Å²) in [6.45, 7) is 0. The van der Waals surface area contributed by atoms with Crippen LogP contribution < -0.4 is 0 Å². The van der Waals surface area contributed by atoms with Gasteiger partial charge in [-0.1, -0.05) is 0 Å². The Hall–Kier alpha value is 0.150. The van der Waals surface area contributed by atoms with E-state index < -0.39 is 7.37 Å². The first-order chi connectivity index (χ1) is 2.71. The van der Waals surface area contributed by atoms with E-state index in [1.807, 2.05) is 0 Å². The van der Waals surface area contributed by atoms with E-state index in [0.717, 1.165) is 0 Å². The summed E-state index contributed by atoms with van der Waals surface area (Å²) in [5, 5.41) is 0. The van der Waals surface area contributed by atoms with Crippen LogP contribution in [-0.2, 0) is 9.30 Å². The fourth-order valence-corrected chi connectivity index (χ4v) is 0.742. The number of hydrogen-bond donors (Lipinski definition) is 1. The van der Waals surface area contributed by atoms with Crippen molar-refractivity contribution in [2.75, 3.05) is 12.7 Å². The topological polar surface area (TPSA) is 46.5 Å². The van der Waals surface area contributed by atoms with Gasteiger partial charge in [0, 0.05) is 0 Å². The van der Waals surface area contributed by atoms with Crippen LogP contribution >= 0.6 is 7.37 Å². The van der Waals surface area contributed by atoms with Gasteiger partial charge >= 0.3 is 0 Å². The highest BCUT2D eigenvalue weighted by Gasteiger charge is 2.27. The Balaban J connectivity index is 2.53. The Bertz CT molecular complexity index is 91.0. The molecule has 4 heteroatoms. The molecule has 3 nitrogen and oxygen atoms in total. The average molecular weight is 108 g/mol. The molecular weight excluding hydrogens is 103 g/mol. The summed E-state index contributed by atoms with van der Waals surface area (Å²) in [5.41, 5.74) is 0. The van der Waals surface area contributed by atoms with E-state index in [-0.39, 0.29) is 12.7 Å². The predicted molar refractivity (Wildman–Crippen MR) is 20.6 cm³/mol. The maximum Gasteiger partial charge on any atom is 0.250 e. The van der Waals surface area contributed by atoms with Gasteiger partial charge in [0.1, 0.15) is 12.7 Å². The Morgan fingerprint density at radius 2 is 2.00 bits per heavy atom. The largest absolute Gasteiger partial charge is 0.361 e. The molecule has 0 spiro atoms. The van der Waals surface area contributed by atoms with Crippen molar-refractivity contribution in [3.63, 3.8) is 0 Å². The molecule has 1 rings (SSSR count). The van der Waals surface area contributed by atoms with E-state index in [1.165, 1.54) is 0 Å². The highest BCUT2D eigenvalue weighted by molar-refractivity contribution is 7.58. The monoisotopic (exact) mass is 108 g/mol. The molecular formula is C2H5O3P. The standard InChI is InChI=1S/C2H5O3P/c3-6(4)1-5-2-6/h1-2H2,(H,3,4). The van der Waals surface area contributed by atoms with E-state index in [2.05, 4.69) is 4.74 Å². The lowest BCUT2D eigenvalue weighted by Gasteiger charge is -2.19. The van der Waals surface area contributed by atoms with Crippen molar-refractivity contribution in [3.8, 4) is 0 Å². The summed E-state index contributed by atoms with van der Waals surface area (Å²) in [6, 6.07) is 0. The van der Waals surface area contributed by atoms with Crippen molar-refractivity contribution in [2.45, 2.75) is 0 Å². The summed E-state index contributed by atoms with van der Waals surface area (Å²) >= 11 is 0. The van der Waals surface area contributed by atoms with Crippen LogP contribution in [0.15, 0.2) is 0 Å². The minimum atomic E-state index is -2.69. The van der Waals surface area contributed by atoms with Crippen LogP contribution in [0.1, 0.15) is 0 Å². The van der Waals surface area contributed by atoms with Gasteiger partial charge in [-0.05, 0) is 0 Å². The van der Waals surface area contributed by atoms with Gasteiger partial charge in [0.25, 0.3) is 0 Å². The normalized spacial score (nSPS) is 28.8. The third-order valence-corrected chi connectivity index (χ3v) is 1.76. The Kier molecular flexibility index (Phi) is 0.761. The minimum Gasteiger partial charge on any atom is -0.361 e. The third kappa shape index (κ3) is 0.620. The summed E-state index contributed by atoms with van der Waals surface area (Å²) in [6.07, 6.45) is 0.125. The number of rotatable bonds is 0. The van der Waals surface area contributed by atoms with E-state index in [0.29, 0.717) is 0 Å². The lowest BCUT2D eigenvalue weighted by Crippen LogP contribution is -2.11. The lowest BCUT2D eigenvalue weighted by molar-refractivity contribution is 0.152. The van der Waals surface area contributed by atoms with Crippen LogP contribution in [0, 0.1) is 0 Å². The van der Waals surface area contributed by atoms with Gasteiger partial charge in [0.05, 0.1) is 0 Å². The second kappa shape index (κ2) is 1.06. The molecule has 0 atom stereocenters. The van der Waals surface area contributed by atoms with E-state index in [4.69, 9.17) is 4.89 Å². The van der Waals surface area contributed by atoms with Gasteiger partial charge < -0.3 is 9.63 Å². The molecule has 0 aromatic carbocycles. The second-order valence-electron chi connectivity index (χ2n) is 1.31. The summed E-state index contributed by atoms with van der Waals surface area (Å²) < 4.78 is 14.5. The molecule has 0 saturated carbocycles. The highest BCUT2D eigenvalue weighted by atomic mass is 31.2. The van der Waals surface area contributed by atoms with Crippen molar-refractivity contribution in [2.24, 2.45) is 0 Å². The number of ether oxygens (including phenoxy) is 1. The Morgan fingerprint density at radius 3 is 2.00 bits per heavy atom. The van der Waals surface area contributed by atoms with Crippen LogP contribution in [0.5, 0.6) is 0 Å². The molecule has 0 bridgehead atoms. The molecule has 1 aliphatic rings. The summed E-state index contributed by atoms with van der Waals surface area (Å²) in [4.78, 5) is 8.34. The fourth-order valence-electron chi connectivity index (χ4n) is 0.247. The van der Waals surface area contributed by atoms with Crippen molar-refractivity contribution in [3.05, 3.63) is 0 Å². The molecule has 0 unspecified atom stereocenters. The van der Waals surface area contributed by atoms with Gasteiger partial charge in [-0.3, -0.25) is 4.57 Å². The Morgan fingerprint density at radius 1 is 1.67 bits per heavy atom. The molecule has 36 valence electrons. The molecule has 1 heterocycles. The molecule has 1 saturated heterocycles. The molecule has 6 heavy (non-hydrogen) atoms. The quantitative estimate of drug-likeness (QED) is 0.451. The van der Waals surface area contributed by atoms with Crippen LogP contribution in [-0.4, -0.2) is 17.6 Å². The van der Waals surface area contributed by atoms with Gasteiger partial charge in [-0.25, -0.2) is 0 Å². The molecule has 1 aliphatic heterocycles. The van der Waals surface area contributed by atoms with Crippen molar-refractivity contribution >= 4 is 7.37 Å². The SMILES string of the molecule is O=P1(O)COC1. The van der Waals surface area contributed by atoms with E-state index >= 15 is 0 Å². The zero-order chi connectivity index (χ0) is 4.62. The van der Waals surface area contributed by atoms with Crippen LogP contribution in [0.2, 0.25) is 0 Å². The van der Waals surface area contributed by atoms with E-state index in [9.17, 15) is 4.57 Å². The minimum absolute atomic E-state index is 0.0625. The Labute approximate surface area is 35.4 Å². The zero-order valence-electron chi connectivity index (χ0n) is 3.13. The van der Waals surface area contributed by atoms with Crippen molar-refractivity contribution in [1.82, 2.24) is 0 Å². The van der Waals surface area contributed by atoms with Crippen LogP contribution in [0.25, 0.3) is 0 Å². The highest BCUT2D eigenvalue weighted by Crippen LogP contribution is 2.48. The predicted octanol–water partition coefficient (Wildman–Crippen LogP) is 0.202. The van der Waals surface area contributed by atoms with E-state index in [1.54, 1.807) is 0 Å². The van der Waals surface area contributed by atoms with Crippen molar-refractivity contribution < 1.29 is 14.2 Å². The lowest BCUT2D eigenvalue weighted by atomic mass is 11.5. The summed E-state index contributed by atoms with van der Waals surface area (Å²) in [7, 11) is -2.69. The fraction of sp³-hybridized carbons (Fsp3) is 1.00. The molecule has 1 fully saturated rings. The van der Waals surface area contributed by atoms with Crippen LogP contribution in [0.4, 0.5) is 0 Å². The first kappa shape index (κ1) is 4.31. The first-order valence-electron chi connectivity index (χ1n) is 1.59. The smallest absolute Gasteiger partial charge is 0.250 e. The first-order valence-corrected chi connectivity index (χ1v) is 3.62. The van der Waals surface area contributed by atoms with Gasteiger partial charge in [-0.15, -0.1) is 0 Å². The molecule has 0 aliphatic carbocycles. The summed E-state index contributed by atoms with van der Waals surface area (Å²) in [5.74, 6) is 0. The van der Waals surface area contributed by atoms with Crippen LogP contribution in [0.3, 0.4) is 0 Å². The molecule has 0 radical (unpaired) electrons. The van der Waals surface area contributed by atoms with Crippen molar-refractivity contribution in [1.29, 1.82) is 0 Å². The number of hydrogen-bond acceptors (Lipinski definition) is 2.